The lowest BCUT2D eigenvalue weighted by Gasteiger charge is -2.22. The Morgan fingerprint density at radius 2 is 2.22 bits per heavy atom. The van der Waals surface area contributed by atoms with Crippen LogP contribution in [0.15, 0.2) is 0 Å². The van der Waals surface area contributed by atoms with E-state index < -0.39 is 0 Å². The number of amides is 2. The number of carbonyl (C=O) groups excluding carboxylic acids is 1. The van der Waals surface area contributed by atoms with Crippen LogP contribution >= 0.6 is 0 Å². The van der Waals surface area contributed by atoms with E-state index in [0.29, 0.717) is 17.9 Å². The van der Waals surface area contributed by atoms with E-state index in [1.807, 2.05) is 4.90 Å². The molecule has 18 heavy (non-hydrogen) atoms. The summed E-state index contributed by atoms with van der Waals surface area (Å²) in [5.74, 6) is 0.983. The fourth-order valence-corrected chi connectivity index (χ4v) is 3.04. The van der Waals surface area contributed by atoms with Crippen LogP contribution in [0.25, 0.3) is 0 Å². The van der Waals surface area contributed by atoms with Crippen molar-refractivity contribution in [2.75, 3.05) is 26.2 Å². The molecule has 1 heterocycles. The largest absolute Gasteiger partial charge is 0.396 e. The molecule has 0 aromatic heterocycles. The van der Waals surface area contributed by atoms with Gasteiger partial charge >= 0.3 is 6.03 Å². The average Bonchev–Trinajstić information content (AvgIpc) is 2.92. The van der Waals surface area contributed by atoms with Crippen LogP contribution in [0.4, 0.5) is 4.79 Å². The lowest BCUT2D eigenvalue weighted by atomic mass is 9.94. The lowest BCUT2D eigenvalue weighted by Crippen LogP contribution is -2.41. The Bertz CT molecular complexity index is 300. The fourth-order valence-electron chi connectivity index (χ4n) is 3.04. The van der Waals surface area contributed by atoms with Crippen molar-refractivity contribution in [2.24, 2.45) is 17.3 Å². The minimum absolute atomic E-state index is 0.0565. The molecule has 0 radical (unpaired) electrons. The number of nitrogens with one attached hydrogen (secondary N) is 1. The molecule has 4 nitrogen and oxygen atoms in total. The quantitative estimate of drug-likeness (QED) is 0.786. The third-order valence-corrected chi connectivity index (χ3v) is 4.24. The topological polar surface area (TPSA) is 52.6 Å². The lowest BCUT2D eigenvalue weighted by molar-refractivity contribution is 0.195. The zero-order valence-electron chi connectivity index (χ0n) is 11.6. The number of hydrogen-bond donors (Lipinski definition) is 2. The van der Waals surface area contributed by atoms with Crippen LogP contribution in [-0.2, 0) is 0 Å². The number of aliphatic hydroxyl groups excluding tert-OH is 1. The number of likely N-dealkylation sites (tertiary alicyclic amines) is 1. The summed E-state index contributed by atoms with van der Waals surface area (Å²) in [6.45, 7) is 7.00. The summed E-state index contributed by atoms with van der Waals surface area (Å²) in [7, 11) is 0. The van der Waals surface area contributed by atoms with Gasteiger partial charge in [0.05, 0.1) is 0 Å². The predicted octanol–water partition coefficient (Wildman–Crippen LogP) is 1.84. The molecule has 2 fully saturated rings. The standard InChI is InChI=1S/C14H26N2O2/c1-11(2)7-14(4-5-14)10-15-13(18)16-6-3-12(8-16)9-17/h11-12,17H,3-10H2,1-2H3,(H,15,18). The summed E-state index contributed by atoms with van der Waals surface area (Å²) in [4.78, 5) is 13.8. The van der Waals surface area contributed by atoms with Gasteiger partial charge < -0.3 is 15.3 Å². The van der Waals surface area contributed by atoms with Crippen molar-refractivity contribution < 1.29 is 9.90 Å². The molecule has 4 heteroatoms. The number of rotatable bonds is 5. The van der Waals surface area contributed by atoms with E-state index >= 15 is 0 Å². The van der Waals surface area contributed by atoms with Gasteiger partial charge in [-0.3, -0.25) is 0 Å². The molecule has 0 aromatic carbocycles. The van der Waals surface area contributed by atoms with Gasteiger partial charge in [-0.05, 0) is 37.0 Å². The molecule has 1 aliphatic heterocycles. The van der Waals surface area contributed by atoms with Gasteiger partial charge in [-0.25, -0.2) is 4.79 Å². The van der Waals surface area contributed by atoms with Crippen molar-refractivity contribution in [1.29, 1.82) is 0 Å². The summed E-state index contributed by atoms with van der Waals surface area (Å²) < 4.78 is 0. The minimum atomic E-state index is 0.0565. The predicted molar refractivity (Wildman–Crippen MR) is 71.3 cm³/mol. The van der Waals surface area contributed by atoms with Gasteiger partial charge in [0.25, 0.3) is 0 Å². The first-order valence-corrected chi connectivity index (χ1v) is 7.18. The number of hydrogen-bond acceptors (Lipinski definition) is 2. The van der Waals surface area contributed by atoms with Gasteiger partial charge in [0.15, 0.2) is 0 Å². The Labute approximate surface area is 110 Å². The van der Waals surface area contributed by atoms with Gasteiger partial charge in [0.2, 0.25) is 0 Å². The Morgan fingerprint density at radius 1 is 1.50 bits per heavy atom. The SMILES string of the molecule is CC(C)CC1(CNC(=O)N2CCC(CO)C2)CC1. The monoisotopic (exact) mass is 254 g/mol. The van der Waals surface area contributed by atoms with Crippen LogP contribution in [0.2, 0.25) is 0 Å². The molecule has 1 saturated heterocycles. The second kappa shape index (κ2) is 5.47. The Morgan fingerprint density at radius 3 is 2.72 bits per heavy atom. The first-order valence-electron chi connectivity index (χ1n) is 7.18. The van der Waals surface area contributed by atoms with E-state index in [-0.39, 0.29) is 18.6 Å². The van der Waals surface area contributed by atoms with Crippen LogP contribution < -0.4 is 5.32 Å². The molecule has 104 valence electrons. The highest BCUT2D eigenvalue weighted by atomic mass is 16.3. The Balaban J connectivity index is 1.72. The Kier molecular flexibility index (Phi) is 4.15. The molecule has 2 amide bonds. The average molecular weight is 254 g/mol. The Hall–Kier alpha value is -0.770. The maximum Gasteiger partial charge on any atom is 0.317 e. The van der Waals surface area contributed by atoms with E-state index in [1.54, 1.807) is 0 Å². The van der Waals surface area contributed by atoms with E-state index in [0.717, 1.165) is 19.5 Å². The van der Waals surface area contributed by atoms with Crippen LogP contribution in [0.5, 0.6) is 0 Å². The molecule has 1 aliphatic carbocycles. The molecule has 1 unspecified atom stereocenters. The second-order valence-electron chi connectivity index (χ2n) is 6.54. The highest BCUT2D eigenvalue weighted by Gasteiger charge is 2.43. The second-order valence-corrected chi connectivity index (χ2v) is 6.54. The third kappa shape index (κ3) is 3.37. The van der Waals surface area contributed by atoms with E-state index in [4.69, 9.17) is 5.11 Å². The summed E-state index contributed by atoms with van der Waals surface area (Å²) >= 11 is 0. The highest BCUT2D eigenvalue weighted by Crippen LogP contribution is 2.50. The van der Waals surface area contributed by atoms with Gasteiger partial charge in [-0.15, -0.1) is 0 Å². The zero-order valence-corrected chi connectivity index (χ0v) is 11.6. The van der Waals surface area contributed by atoms with E-state index in [1.165, 1.54) is 19.3 Å². The minimum Gasteiger partial charge on any atom is -0.396 e. The molecule has 1 atom stereocenters. The van der Waals surface area contributed by atoms with Gasteiger partial charge in [-0.2, -0.15) is 0 Å². The summed E-state index contributed by atoms with van der Waals surface area (Å²) in [5.41, 5.74) is 0.389. The molecule has 0 aromatic rings. The van der Waals surface area contributed by atoms with E-state index in [2.05, 4.69) is 19.2 Å². The van der Waals surface area contributed by atoms with Gasteiger partial charge in [0, 0.05) is 32.2 Å². The van der Waals surface area contributed by atoms with Gasteiger partial charge in [0.1, 0.15) is 0 Å². The first kappa shape index (κ1) is 13.7. The molecular weight excluding hydrogens is 228 g/mol. The third-order valence-electron chi connectivity index (χ3n) is 4.24. The van der Waals surface area contributed by atoms with Crippen molar-refractivity contribution in [3.8, 4) is 0 Å². The molecule has 1 saturated carbocycles. The van der Waals surface area contributed by atoms with Crippen molar-refractivity contribution in [2.45, 2.75) is 39.5 Å². The van der Waals surface area contributed by atoms with Crippen LogP contribution in [0.1, 0.15) is 39.5 Å². The van der Waals surface area contributed by atoms with Crippen LogP contribution in [0.3, 0.4) is 0 Å². The highest BCUT2D eigenvalue weighted by molar-refractivity contribution is 5.74. The maximum atomic E-state index is 12.0. The summed E-state index contributed by atoms with van der Waals surface area (Å²) in [5, 5.41) is 12.2. The molecule has 0 bridgehead atoms. The number of nitrogens with zero attached hydrogens (tertiary/aromatic N) is 1. The van der Waals surface area contributed by atoms with Crippen LogP contribution in [0, 0.1) is 17.3 Å². The summed E-state index contributed by atoms with van der Waals surface area (Å²) in [6, 6.07) is 0.0565. The van der Waals surface area contributed by atoms with E-state index in [9.17, 15) is 4.79 Å². The number of carbonyl (C=O) groups is 1. The van der Waals surface area contributed by atoms with Crippen molar-refractivity contribution in [3.05, 3.63) is 0 Å². The summed E-state index contributed by atoms with van der Waals surface area (Å²) in [6.07, 6.45) is 4.66. The van der Waals surface area contributed by atoms with Crippen molar-refractivity contribution in [1.82, 2.24) is 10.2 Å². The number of aliphatic hydroxyl groups is 1. The normalized spacial score (nSPS) is 25.6. The zero-order chi connectivity index (χ0) is 13.2. The molecule has 2 N–H and O–H groups in total. The van der Waals surface area contributed by atoms with Crippen LogP contribution in [-0.4, -0.2) is 42.3 Å². The molecular formula is C14H26N2O2. The van der Waals surface area contributed by atoms with Crippen molar-refractivity contribution in [3.63, 3.8) is 0 Å². The molecule has 2 aliphatic rings. The first-order chi connectivity index (χ1) is 8.54. The van der Waals surface area contributed by atoms with Crippen molar-refractivity contribution >= 4 is 6.03 Å². The number of urea groups is 1. The van der Waals surface area contributed by atoms with Gasteiger partial charge in [-0.1, -0.05) is 13.8 Å². The smallest absolute Gasteiger partial charge is 0.317 e. The molecule has 2 rings (SSSR count). The fraction of sp³-hybridized carbons (Fsp3) is 0.929. The maximum absolute atomic E-state index is 12.0. The molecule has 0 spiro atoms.